The van der Waals surface area contributed by atoms with Gasteiger partial charge in [0.2, 0.25) is 0 Å². The Labute approximate surface area is 117 Å². The number of unbranched alkanes of at least 4 members (excludes halogenated alkanes) is 3. The third-order valence-electron chi connectivity index (χ3n) is 2.60. The lowest BCUT2D eigenvalue weighted by atomic mass is 10.2. The number of nitrogen functional groups attached to an aromatic ring is 1. The summed E-state index contributed by atoms with van der Waals surface area (Å²) in [4.78, 5) is 0. The fourth-order valence-electron chi connectivity index (χ4n) is 1.64. The number of nitrogens with one attached hydrogen (secondary N) is 1. The van der Waals surface area contributed by atoms with E-state index in [0.717, 1.165) is 22.4 Å². The molecule has 4 heteroatoms. The van der Waals surface area contributed by atoms with E-state index in [-0.39, 0.29) is 0 Å². The maximum Gasteiger partial charge on any atom is 0.0574 e. The summed E-state index contributed by atoms with van der Waals surface area (Å²) >= 11 is 5.33. The monoisotopic (exact) mass is 316 g/mol. The van der Waals surface area contributed by atoms with Crippen LogP contribution in [0.5, 0.6) is 0 Å². The van der Waals surface area contributed by atoms with E-state index in [1.807, 2.05) is 30.0 Å². The molecule has 96 valence electrons. The Balaban J connectivity index is 2.14. The van der Waals surface area contributed by atoms with Gasteiger partial charge in [-0.2, -0.15) is 11.8 Å². The van der Waals surface area contributed by atoms with E-state index >= 15 is 0 Å². The Morgan fingerprint density at radius 2 is 2.00 bits per heavy atom. The molecule has 0 heterocycles. The lowest BCUT2D eigenvalue weighted by Gasteiger charge is -2.09. The average molecular weight is 317 g/mol. The van der Waals surface area contributed by atoms with Crippen molar-refractivity contribution >= 4 is 39.1 Å². The van der Waals surface area contributed by atoms with Crippen molar-refractivity contribution in [2.75, 3.05) is 29.6 Å². The number of hydrogen-bond acceptors (Lipinski definition) is 3. The summed E-state index contributed by atoms with van der Waals surface area (Å²) in [6.45, 7) is 1.01. The summed E-state index contributed by atoms with van der Waals surface area (Å²) in [5, 5.41) is 3.38. The molecule has 0 spiro atoms. The van der Waals surface area contributed by atoms with Gasteiger partial charge >= 0.3 is 0 Å². The highest BCUT2D eigenvalue weighted by Gasteiger charge is 1.98. The highest BCUT2D eigenvalue weighted by Crippen LogP contribution is 2.22. The molecule has 0 saturated heterocycles. The van der Waals surface area contributed by atoms with Crippen molar-refractivity contribution in [3.63, 3.8) is 0 Å². The molecule has 0 aliphatic heterocycles. The van der Waals surface area contributed by atoms with Crippen LogP contribution in [-0.4, -0.2) is 18.6 Å². The van der Waals surface area contributed by atoms with Gasteiger partial charge in [-0.15, -0.1) is 0 Å². The molecule has 1 aromatic rings. The molecule has 1 aromatic carbocycles. The van der Waals surface area contributed by atoms with Gasteiger partial charge < -0.3 is 11.1 Å². The maximum atomic E-state index is 5.91. The van der Waals surface area contributed by atoms with Crippen LogP contribution in [0.25, 0.3) is 0 Å². The standard InChI is InChI=1S/C13H21BrN2S/c1-17-9-5-3-2-4-8-16-13-7-6-11(14)10-12(13)15/h6-7,10,16H,2-5,8-9,15H2,1H3. The molecule has 0 saturated carbocycles. The second kappa shape index (κ2) is 8.70. The van der Waals surface area contributed by atoms with Crippen molar-refractivity contribution in [2.45, 2.75) is 25.7 Å². The zero-order valence-electron chi connectivity index (χ0n) is 10.3. The second-order valence-electron chi connectivity index (χ2n) is 4.07. The molecule has 0 atom stereocenters. The maximum absolute atomic E-state index is 5.91. The van der Waals surface area contributed by atoms with Gasteiger partial charge in [0.25, 0.3) is 0 Å². The van der Waals surface area contributed by atoms with E-state index in [2.05, 4.69) is 27.5 Å². The minimum atomic E-state index is 0.807. The van der Waals surface area contributed by atoms with E-state index in [1.54, 1.807) is 0 Å². The highest BCUT2D eigenvalue weighted by atomic mass is 79.9. The Morgan fingerprint density at radius 3 is 2.71 bits per heavy atom. The molecule has 0 radical (unpaired) electrons. The number of benzene rings is 1. The van der Waals surface area contributed by atoms with Gasteiger partial charge in [-0.1, -0.05) is 28.8 Å². The summed E-state index contributed by atoms with van der Waals surface area (Å²) in [7, 11) is 0. The van der Waals surface area contributed by atoms with Gasteiger partial charge in [0.15, 0.2) is 0 Å². The first-order valence-electron chi connectivity index (χ1n) is 6.02. The number of hydrogen-bond donors (Lipinski definition) is 2. The number of rotatable bonds is 8. The number of nitrogens with two attached hydrogens (primary N) is 1. The average Bonchev–Trinajstić information content (AvgIpc) is 2.30. The van der Waals surface area contributed by atoms with Crippen LogP contribution in [0.1, 0.15) is 25.7 Å². The molecule has 0 aliphatic carbocycles. The van der Waals surface area contributed by atoms with Crippen LogP contribution in [0.4, 0.5) is 11.4 Å². The van der Waals surface area contributed by atoms with E-state index in [4.69, 9.17) is 5.73 Å². The van der Waals surface area contributed by atoms with Crippen molar-refractivity contribution in [1.82, 2.24) is 0 Å². The summed E-state index contributed by atoms with van der Waals surface area (Å²) in [5.74, 6) is 1.28. The Morgan fingerprint density at radius 1 is 1.24 bits per heavy atom. The van der Waals surface area contributed by atoms with E-state index in [0.29, 0.717) is 0 Å². The molecule has 2 nitrogen and oxygen atoms in total. The number of halogens is 1. The third kappa shape index (κ3) is 6.22. The fraction of sp³-hybridized carbons (Fsp3) is 0.538. The van der Waals surface area contributed by atoms with Gasteiger partial charge in [0, 0.05) is 11.0 Å². The predicted molar refractivity (Wildman–Crippen MR) is 83.9 cm³/mol. The first-order chi connectivity index (χ1) is 8.24. The number of thioether (sulfide) groups is 1. The Bertz CT molecular complexity index is 331. The predicted octanol–water partition coefficient (Wildman–Crippen LogP) is 4.37. The van der Waals surface area contributed by atoms with Crippen LogP contribution in [0, 0.1) is 0 Å². The van der Waals surface area contributed by atoms with Crippen molar-refractivity contribution in [2.24, 2.45) is 0 Å². The number of anilines is 2. The van der Waals surface area contributed by atoms with E-state index in [1.165, 1.54) is 31.4 Å². The zero-order chi connectivity index (χ0) is 12.5. The minimum absolute atomic E-state index is 0.807. The lowest BCUT2D eigenvalue weighted by molar-refractivity contribution is 0.689. The summed E-state index contributed by atoms with van der Waals surface area (Å²) in [5.41, 5.74) is 7.75. The van der Waals surface area contributed by atoms with Crippen LogP contribution in [0.15, 0.2) is 22.7 Å². The first kappa shape index (κ1) is 14.7. The Hall–Kier alpha value is -0.350. The fourth-order valence-corrected chi connectivity index (χ4v) is 2.51. The van der Waals surface area contributed by atoms with Gasteiger partial charge in [-0.3, -0.25) is 0 Å². The molecular weight excluding hydrogens is 296 g/mol. The summed E-state index contributed by atoms with van der Waals surface area (Å²) in [6.07, 6.45) is 7.34. The highest BCUT2D eigenvalue weighted by molar-refractivity contribution is 9.10. The normalized spacial score (nSPS) is 10.5. The third-order valence-corrected chi connectivity index (χ3v) is 3.79. The van der Waals surface area contributed by atoms with Crippen molar-refractivity contribution in [1.29, 1.82) is 0 Å². The molecule has 17 heavy (non-hydrogen) atoms. The smallest absolute Gasteiger partial charge is 0.0574 e. The summed E-state index contributed by atoms with van der Waals surface area (Å²) < 4.78 is 1.03. The quantitative estimate of drug-likeness (QED) is 0.552. The van der Waals surface area contributed by atoms with Crippen LogP contribution in [-0.2, 0) is 0 Å². The molecule has 0 aliphatic rings. The van der Waals surface area contributed by atoms with Crippen LogP contribution in [0.2, 0.25) is 0 Å². The molecule has 0 amide bonds. The van der Waals surface area contributed by atoms with E-state index in [9.17, 15) is 0 Å². The van der Waals surface area contributed by atoms with Gasteiger partial charge in [0.05, 0.1) is 11.4 Å². The van der Waals surface area contributed by atoms with Crippen LogP contribution in [0.3, 0.4) is 0 Å². The molecule has 0 fully saturated rings. The van der Waals surface area contributed by atoms with Crippen LogP contribution < -0.4 is 11.1 Å². The second-order valence-corrected chi connectivity index (χ2v) is 5.97. The Kier molecular flexibility index (Phi) is 7.53. The van der Waals surface area contributed by atoms with Crippen LogP contribution >= 0.6 is 27.7 Å². The molecule has 0 unspecified atom stereocenters. The van der Waals surface area contributed by atoms with E-state index < -0.39 is 0 Å². The topological polar surface area (TPSA) is 38.0 Å². The molecular formula is C13H21BrN2S. The molecule has 0 bridgehead atoms. The molecule has 3 N–H and O–H groups in total. The first-order valence-corrected chi connectivity index (χ1v) is 8.20. The molecule has 0 aromatic heterocycles. The van der Waals surface area contributed by atoms with Crippen molar-refractivity contribution in [3.8, 4) is 0 Å². The van der Waals surface area contributed by atoms with Gasteiger partial charge in [-0.05, 0) is 43.0 Å². The summed E-state index contributed by atoms with van der Waals surface area (Å²) in [6, 6.07) is 5.96. The van der Waals surface area contributed by atoms with Crippen molar-refractivity contribution in [3.05, 3.63) is 22.7 Å². The minimum Gasteiger partial charge on any atom is -0.397 e. The molecule has 1 rings (SSSR count). The van der Waals surface area contributed by atoms with Gasteiger partial charge in [-0.25, -0.2) is 0 Å². The SMILES string of the molecule is CSCCCCCCNc1ccc(Br)cc1N. The lowest BCUT2D eigenvalue weighted by Crippen LogP contribution is -2.04. The van der Waals surface area contributed by atoms with Crippen molar-refractivity contribution < 1.29 is 0 Å². The largest absolute Gasteiger partial charge is 0.397 e. The zero-order valence-corrected chi connectivity index (χ0v) is 12.7. The van der Waals surface area contributed by atoms with Gasteiger partial charge in [0.1, 0.15) is 0 Å².